The maximum atomic E-state index is 13.0. The van der Waals surface area contributed by atoms with E-state index in [9.17, 15) is 14.4 Å². The van der Waals surface area contributed by atoms with Crippen LogP contribution in [0.25, 0.3) is 0 Å². The molecule has 0 saturated carbocycles. The number of likely N-dealkylation sites (tertiary alicyclic amines) is 1. The van der Waals surface area contributed by atoms with Gasteiger partial charge in [-0.25, -0.2) is 0 Å². The van der Waals surface area contributed by atoms with Gasteiger partial charge in [-0.15, -0.1) is 0 Å². The number of carbonyl (C=O) groups is 2. The lowest BCUT2D eigenvalue weighted by atomic mass is 9.82. The Balaban J connectivity index is 1.80. The van der Waals surface area contributed by atoms with Crippen LogP contribution in [-0.4, -0.2) is 40.4 Å². The van der Waals surface area contributed by atoms with Crippen LogP contribution in [0.1, 0.15) is 45.2 Å². The molecule has 136 valence electrons. The second kappa shape index (κ2) is 7.02. The molecule has 0 aromatic carbocycles. The molecule has 1 fully saturated rings. The van der Waals surface area contributed by atoms with Crippen LogP contribution in [0.2, 0.25) is 0 Å². The van der Waals surface area contributed by atoms with E-state index in [4.69, 9.17) is 0 Å². The predicted octanol–water partition coefficient (Wildman–Crippen LogP) is 1.34. The van der Waals surface area contributed by atoms with Crippen LogP contribution in [0, 0.1) is 11.8 Å². The fourth-order valence-electron chi connectivity index (χ4n) is 4.24. The van der Waals surface area contributed by atoms with E-state index in [-0.39, 0.29) is 23.3 Å². The number of hydrogen-bond donors (Lipinski definition) is 1. The molecule has 0 aliphatic carbocycles. The van der Waals surface area contributed by atoms with Crippen LogP contribution in [0.5, 0.6) is 0 Å². The molecule has 25 heavy (non-hydrogen) atoms. The number of amides is 2. The van der Waals surface area contributed by atoms with Gasteiger partial charge in [-0.3, -0.25) is 14.4 Å². The molecular weight excluding hydrogens is 318 g/mol. The SMILES string of the molecule is CC(=O)N[C@H](CC(C)C)C(=O)N1C[C@@H]2C[C@H](C1)c1cccc(=O)n1C2. The van der Waals surface area contributed by atoms with E-state index in [1.54, 1.807) is 12.1 Å². The van der Waals surface area contributed by atoms with Crippen LogP contribution < -0.4 is 10.9 Å². The quantitative estimate of drug-likeness (QED) is 0.895. The highest BCUT2D eigenvalue weighted by Crippen LogP contribution is 2.35. The third-order valence-corrected chi connectivity index (χ3v) is 5.17. The lowest BCUT2D eigenvalue weighted by Crippen LogP contribution is -2.55. The van der Waals surface area contributed by atoms with Gasteiger partial charge in [0.25, 0.3) is 5.56 Å². The van der Waals surface area contributed by atoms with Crippen LogP contribution in [0.15, 0.2) is 23.0 Å². The van der Waals surface area contributed by atoms with Crippen molar-refractivity contribution in [1.29, 1.82) is 0 Å². The Morgan fingerprint density at radius 3 is 2.68 bits per heavy atom. The molecule has 1 saturated heterocycles. The van der Waals surface area contributed by atoms with Crippen molar-refractivity contribution >= 4 is 11.8 Å². The molecule has 3 atom stereocenters. The first-order valence-electron chi connectivity index (χ1n) is 9.10. The Bertz CT molecular complexity index is 725. The molecule has 6 heteroatoms. The molecule has 2 amide bonds. The average molecular weight is 345 g/mol. The number of nitrogens with zero attached hydrogens (tertiary/aromatic N) is 2. The Kier molecular flexibility index (Phi) is 4.97. The maximum Gasteiger partial charge on any atom is 0.250 e. The minimum absolute atomic E-state index is 0.00493. The van der Waals surface area contributed by atoms with Crippen molar-refractivity contribution in [1.82, 2.24) is 14.8 Å². The van der Waals surface area contributed by atoms with Crippen molar-refractivity contribution in [2.45, 2.75) is 52.1 Å². The zero-order chi connectivity index (χ0) is 18.1. The molecule has 3 heterocycles. The van der Waals surface area contributed by atoms with Gasteiger partial charge in [0.2, 0.25) is 11.8 Å². The van der Waals surface area contributed by atoms with Gasteiger partial charge in [0.15, 0.2) is 0 Å². The van der Waals surface area contributed by atoms with Crippen molar-refractivity contribution in [3.63, 3.8) is 0 Å². The molecule has 0 unspecified atom stereocenters. The molecule has 2 aliphatic heterocycles. The summed E-state index contributed by atoms with van der Waals surface area (Å²) in [5.41, 5.74) is 1.07. The summed E-state index contributed by atoms with van der Waals surface area (Å²) in [5, 5.41) is 2.82. The van der Waals surface area contributed by atoms with Crippen molar-refractivity contribution in [2.24, 2.45) is 11.8 Å². The zero-order valence-corrected chi connectivity index (χ0v) is 15.2. The monoisotopic (exact) mass is 345 g/mol. The summed E-state index contributed by atoms with van der Waals surface area (Å²) in [6, 6.07) is 4.93. The Labute approximate surface area is 148 Å². The number of aromatic nitrogens is 1. The number of pyridine rings is 1. The molecule has 1 N–H and O–H groups in total. The lowest BCUT2D eigenvalue weighted by Gasteiger charge is -2.43. The van der Waals surface area contributed by atoms with Gasteiger partial charge in [0, 0.05) is 44.2 Å². The third kappa shape index (κ3) is 3.78. The smallest absolute Gasteiger partial charge is 0.250 e. The van der Waals surface area contributed by atoms with E-state index >= 15 is 0 Å². The van der Waals surface area contributed by atoms with Crippen molar-refractivity contribution in [2.75, 3.05) is 13.1 Å². The summed E-state index contributed by atoms with van der Waals surface area (Å²) >= 11 is 0. The highest BCUT2D eigenvalue weighted by Gasteiger charge is 2.38. The summed E-state index contributed by atoms with van der Waals surface area (Å²) in [5.74, 6) is 0.650. The van der Waals surface area contributed by atoms with E-state index in [1.807, 2.05) is 15.5 Å². The van der Waals surface area contributed by atoms with Gasteiger partial charge in [0.05, 0.1) is 0 Å². The van der Waals surface area contributed by atoms with E-state index < -0.39 is 6.04 Å². The second-order valence-corrected chi connectivity index (χ2v) is 7.82. The lowest BCUT2D eigenvalue weighted by molar-refractivity contribution is -0.139. The second-order valence-electron chi connectivity index (χ2n) is 7.82. The van der Waals surface area contributed by atoms with E-state index in [1.165, 1.54) is 6.92 Å². The van der Waals surface area contributed by atoms with Crippen LogP contribution >= 0.6 is 0 Å². The maximum absolute atomic E-state index is 13.0. The summed E-state index contributed by atoms with van der Waals surface area (Å²) in [6.45, 7) is 7.50. The fraction of sp³-hybridized carbons (Fsp3) is 0.632. The van der Waals surface area contributed by atoms with Gasteiger partial charge < -0.3 is 14.8 Å². The molecular formula is C19H27N3O3. The molecule has 2 aliphatic rings. The van der Waals surface area contributed by atoms with Crippen LogP contribution in [-0.2, 0) is 16.1 Å². The number of hydrogen-bond acceptors (Lipinski definition) is 3. The summed E-state index contributed by atoms with van der Waals surface area (Å²) in [7, 11) is 0. The van der Waals surface area contributed by atoms with Gasteiger partial charge in [-0.05, 0) is 30.7 Å². The highest BCUT2D eigenvalue weighted by atomic mass is 16.2. The zero-order valence-electron chi connectivity index (χ0n) is 15.2. The molecule has 3 rings (SSSR count). The Hall–Kier alpha value is -2.11. The number of piperidine rings is 1. The molecule has 0 spiro atoms. The van der Waals surface area contributed by atoms with E-state index in [0.717, 1.165) is 12.1 Å². The van der Waals surface area contributed by atoms with Gasteiger partial charge in [0.1, 0.15) is 6.04 Å². The largest absolute Gasteiger partial charge is 0.345 e. The van der Waals surface area contributed by atoms with Crippen LogP contribution in [0.4, 0.5) is 0 Å². The molecule has 2 bridgehead atoms. The molecule has 0 radical (unpaired) electrons. The first-order valence-corrected chi connectivity index (χ1v) is 9.10. The predicted molar refractivity (Wildman–Crippen MR) is 95.2 cm³/mol. The number of nitrogens with one attached hydrogen (secondary N) is 1. The molecule has 1 aromatic rings. The number of rotatable bonds is 4. The number of carbonyl (C=O) groups excluding carboxylic acids is 2. The third-order valence-electron chi connectivity index (χ3n) is 5.17. The van der Waals surface area contributed by atoms with Crippen LogP contribution in [0.3, 0.4) is 0 Å². The van der Waals surface area contributed by atoms with Crippen molar-refractivity contribution in [3.05, 3.63) is 34.2 Å². The number of fused-ring (bicyclic) bond motifs is 4. The molecule has 1 aromatic heterocycles. The summed E-state index contributed by atoms with van der Waals surface area (Å²) in [6.07, 6.45) is 1.66. The van der Waals surface area contributed by atoms with E-state index in [0.29, 0.717) is 37.9 Å². The topological polar surface area (TPSA) is 71.4 Å². The minimum atomic E-state index is -0.464. The minimum Gasteiger partial charge on any atom is -0.345 e. The average Bonchev–Trinajstić information content (AvgIpc) is 2.53. The normalized spacial score (nSPS) is 23.1. The van der Waals surface area contributed by atoms with Gasteiger partial charge in [-0.2, -0.15) is 0 Å². The van der Waals surface area contributed by atoms with Crippen molar-refractivity contribution < 1.29 is 9.59 Å². The first kappa shape index (κ1) is 17.7. The first-order chi connectivity index (χ1) is 11.8. The van der Waals surface area contributed by atoms with Crippen molar-refractivity contribution in [3.8, 4) is 0 Å². The van der Waals surface area contributed by atoms with E-state index in [2.05, 4.69) is 19.2 Å². The Morgan fingerprint density at radius 1 is 1.24 bits per heavy atom. The van der Waals surface area contributed by atoms with Gasteiger partial charge in [-0.1, -0.05) is 19.9 Å². The Morgan fingerprint density at radius 2 is 2.00 bits per heavy atom. The summed E-state index contributed by atoms with van der Waals surface area (Å²) in [4.78, 5) is 38.5. The highest BCUT2D eigenvalue weighted by molar-refractivity contribution is 5.87. The fourth-order valence-corrected chi connectivity index (χ4v) is 4.24. The van der Waals surface area contributed by atoms with Gasteiger partial charge >= 0.3 is 0 Å². The molecule has 6 nitrogen and oxygen atoms in total. The standard InChI is InChI=1S/C19H27N3O3/c1-12(2)7-16(20-13(3)23)19(25)21-9-14-8-15(11-21)17-5-4-6-18(24)22(17)10-14/h4-6,12,14-16H,7-11H2,1-3H3,(H,20,23)/t14-,15+,16+/m0/s1. The summed E-state index contributed by atoms with van der Waals surface area (Å²) < 4.78 is 1.86.